The topological polar surface area (TPSA) is 71.5 Å². The molecule has 1 aliphatic rings. The van der Waals surface area contributed by atoms with Gasteiger partial charge in [-0.2, -0.15) is 0 Å². The van der Waals surface area contributed by atoms with E-state index in [4.69, 9.17) is 4.74 Å². The number of rotatable bonds is 3. The van der Waals surface area contributed by atoms with Gasteiger partial charge in [0.1, 0.15) is 5.60 Å². The normalized spacial score (nSPS) is 15.4. The number of hydrogen-bond acceptors (Lipinski definition) is 5. The molecule has 150 valence electrons. The van der Waals surface area contributed by atoms with Gasteiger partial charge in [-0.15, -0.1) is 11.3 Å². The van der Waals surface area contributed by atoms with E-state index in [0.29, 0.717) is 31.1 Å². The van der Waals surface area contributed by atoms with Gasteiger partial charge in [0.25, 0.3) is 0 Å². The Balaban J connectivity index is 1.54. The summed E-state index contributed by atoms with van der Waals surface area (Å²) in [6.45, 7) is 8.66. The molecule has 7 heteroatoms. The fourth-order valence-electron chi connectivity index (χ4n) is 3.17. The number of ether oxygens (including phenoxy) is 1. The van der Waals surface area contributed by atoms with Crippen LogP contribution in [0.1, 0.15) is 39.2 Å². The second-order valence-electron chi connectivity index (χ2n) is 8.08. The molecular weight excluding hydrogens is 374 g/mol. The van der Waals surface area contributed by atoms with Crippen LogP contribution in [0.4, 0.5) is 9.93 Å². The van der Waals surface area contributed by atoms with Crippen LogP contribution in [0.25, 0.3) is 11.3 Å². The van der Waals surface area contributed by atoms with Crippen molar-refractivity contribution in [1.82, 2.24) is 9.88 Å². The molecule has 0 spiro atoms. The minimum Gasteiger partial charge on any atom is -0.444 e. The Morgan fingerprint density at radius 2 is 1.89 bits per heavy atom. The Kier molecular flexibility index (Phi) is 6.03. The van der Waals surface area contributed by atoms with Crippen molar-refractivity contribution in [2.24, 2.45) is 5.92 Å². The summed E-state index contributed by atoms with van der Waals surface area (Å²) in [4.78, 5) is 31.0. The maximum atomic E-state index is 12.6. The van der Waals surface area contributed by atoms with Gasteiger partial charge in [-0.1, -0.05) is 24.3 Å². The van der Waals surface area contributed by atoms with Crippen molar-refractivity contribution in [3.8, 4) is 11.3 Å². The van der Waals surface area contributed by atoms with E-state index in [9.17, 15) is 9.59 Å². The second kappa shape index (κ2) is 8.31. The maximum absolute atomic E-state index is 12.6. The Hall–Kier alpha value is -2.41. The van der Waals surface area contributed by atoms with Crippen molar-refractivity contribution in [3.63, 3.8) is 0 Å². The standard InChI is InChI=1S/C21H27N3O3S/c1-14-7-5-6-8-16(14)17-13-28-19(22-17)23-18(25)15-9-11-24(12-10-15)20(26)27-21(2,3)4/h5-8,13,15H,9-12H2,1-4H3,(H,22,23,25). The van der Waals surface area contributed by atoms with Gasteiger partial charge in [0.2, 0.25) is 5.91 Å². The lowest BCUT2D eigenvalue weighted by molar-refractivity contribution is -0.121. The van der Waals surface area contributed by atoms with Gasteiger partial charge in [-0.3, -0.25) is 4.79 Å². The van der Waals surface area contributed by atoms with Crippen LogP contribution in [-0.2, 0) is 9.53 Å². The van der Waals surface area contributed by atoms with Crippen molar-refractivity contribution >= 4 is 28.5 Å². The summed E-state index contributed by atoms with van der Waals surface area (Å²) in [5.41, 5.74) is 2.59. The summed E-state index contributed by atoms with van der Waals surface area (Å²) >= 11 is 1.43. The first-order chi connectivity index (χ1) is 13.2. The lowest BCUT2D eigenvalue weighted by Gasteiger charge is -2.32. The number of amides is 2. The molecule has 2 aromatic rings. The molecule has 1 saturated heterocycles. The van der Waals surface area contributed by atoms with E-state index < -0.39 is 5.60 Å². The third-order valence-corrected chi connectivity index (χ3v) is 5.43. The molecule has 6 nitrogen and oxygen atoms in total. The number of carbonyl (C=O) groups is 2. The molecule has 1 aromatic heterocycles. The number of carbonyl (C=O) groups excluding carboxylic acids is 2. The predicted molar refractivity (Wildman–Crippen MR) is 111 cm³/mol. The summed E-state index contributed by atoms with van der Waals surface area (Å²) in [7, 11) is 0. The molecule has 0 unspecified atom stereocenters. The first kappa shape index (κ1) is 20.3. The highest BCUT2D eigenvalue weighted by Gasteiger charge is 2.30. The summed E-state index contributed by atoms with van der Waals surface area (Å²) in [5.74, 6) is -0.154. The molecule has 1 fully saturated rings. The Labute approximate surface area is 169 Å². The molecular formula is C21H27N3O3S. The predicted octanol–water partition coefficient (Wildman–Crippen LogP) is 4.70. The Morgan fingerprint density at radius 1 is 1.21 bits per heavy atom. The summed E-state index contributed by atoms with van der Waals surface area (Å²) in [6, 6.07) is 8.06. The fourth-order valence-corrected chi connectivity index (χ4v) is 3.89. The van der Waals surface area contributed by atoms with E-state index in [0.717, 1.165) is 16.8 Å². The van der Waals surface area contributed by atoms with E-state index in [1.54, 1.807) is 4.90 Å². The third kappa shape index (κ3) is 5.10. The minimum absolute atomic E-state index is 0.0328. The van der Waals surface area contributed by atoms with E-state index in [1.807, 2.05) is 57.3 Å². The minimum atomic E-state index is -0.509. The maximum Gasteiger partial charge on any atom is 0.410 e. The Bertz CT molecular complexity index is 849. The largest absolute Gasteiger partial charge is 0.444 e. The van der Waals surface area contributed by atoms with Crippen LogP contribution in [0.2, 0.25) is 0 Å². The van der Waals surface area contributed by atoms with Gasteiger partial charge >= 0.3 is 6.09 Å². The zero-order valence-electron chi connectivity index (χ0n) is 16.8. The number of nitrogens with one attached hydrogen (secondary N) is 1. The number of aromatic nitrogens is 1. The van der Waals surface area contributed by atoms with Crippen LogP contribution in [0, 0.1) is 12.8 Å². The van der Waals surface area contributed by atoms with E-state index in [-0.39, 0.29) is 17.9 Å². The SMILES string of the molecule is Cc1ccccc1-c1csc(NC(=O)C2CCN(C(=O)OC(C)(C)C)CC2)n1. The van der Waals surface area contributed by atoms with E-state index in [1.165, 1.54) is 11.3 Å². The number of thiazole rings is 1. The third-order valence-electron chi connectivity index (χ3n) is 4.67. The molecule has 2 amide bonds. The van der Waals surface area contributed by atoms with Crippen LogP contribution in [0.5, 0.6) is 0 Å². The van der Waals surface area contributed by atoms with Gasteiger partial charge < -0.3 is 15.0 Å². The second-order valence-corrected chi connectivity index (χ2v) is 8.94. The molecule has 1 aromatic carbocycles. The average Bonchev–Trinajstić information content (AvgIpc) is 3.09. The number of nitrogens with zero attached hydrogens (tertiary/aromatic N) is 2. The molecule has 0 radical (unpaired) electrons. The van der Waals surface area contributed by atoms with Crippen molar-refractivity contribution < 1.29 is 14.3 Å². The fraction of sp³-hybridized carbons (Fsp3) is 0.476. The van der Waals surface area contributed by atoms with Crippen LogP contribution in [-0.4, -0.2) is 40.6 Å². The first-order valence-electron chi connectivity index (χ1n) is 9.53. The number of benzene rings is 1. The molecule has 0 saturated carbocycles. The lowest BCUT2D eigenvalue weighted by atomic mass is 9.96. The monoisotopic (exact) mass is 401 g/mol. The van der Waals surface area contributed by atoms with Gasteiger partial charge in [-0.25, -0.2) is 9.78 Å². The van der Waals surface area contributed by atoms with Crippen molar-refractivity contribution in [3.05, 3.63) is 35.2 Å². The molecule has 28 heavy (non-hydrogen) atoms. The van der Waals surface area contributed by atoms with E-state index in [2.05, 4.69) is 10.3 Å². The van der Waals surface area contributed by atoms with Gasteiger partial charge in [0.05, 0.1) is 5.69 Å². The van der Waals surface area contributed by atoms with Crippen LogP contribution in [0.15, 0.2) is 29.6 Å². The van der Waals surface area contributed by atoms with Crippen LogP contribution < -0.4 is 5.32 Å². The van der Waals surface area contributed by atoms with Crippen molar-refractivity contribution in [1.29, 1.82) is 0 Å². The number of anilines is 1. The van der Waals surface area contributed by atoms with Crippen LogP contribution >= 0.6 is 11.3 Å². The quantitative estimate of drug-likeness (QED) is 0.809. The van der Waals surface area contributed by atoms with Gasteiger partial charge in [0, 0.05) is 30.0 Å². The zero-order valence-corrected chi connectivity index (χ0v) is 17.6. The van der Waals surface area contributed by atoms with Crippen molar-refractivity contribution in [2.75, 3.05) is 18.4 Å². The molecule has 0 bridgehead atoms. The molecule has 1 aliphatic heterocycles. The average molecular weight is 402 g/mol. The summed E-state index contributed by atoms with van der Waals surface area (Å²) in [5, 5.41) is 5.51. The lowest BCUT2D eigenvalue weighted by Crippen LogP contribution is -2.43. The first-order valence-corrected chi connectivity index (χ1v) is 10.4. The molecule has 1 N–H and O–H groups in total. The molecule has 0 atom stereocenters. The smallest absolute Gasteiger partial charge is 0.410 e. The summed E-state index contributed by atoms with van der Waals surface area (Å²) < 4.78 is 5.40. The highest BCUT2D eigenvalue weighted by molar-refractivity contribution is 7.14. The number of aryl methyl sites for hydroxylation is 1. The van der Waals surface area contributed by atoms with E-state index >= 15 is 0 Å². The highest BCUT2D eigenvalue weighted by Crippen LogP contribution is 2.28. The Morgan fingerprint density at radius 3 is 2.54 bits per heavy atom. The van der Waals surface area contributed by atoms with Gasteiger partial charge in [-0.05, 0) is 46.1 Å². The molecule has 3 rings (SSSR count). The van der Waals surface area contributed by atoms with Gasteiger partial charge in [0.15, 0.2) is 5.13 Å². The van der Waals surface area contributed by atoms with Crippen LogP contribution in [0.3, 0.4) is 0 Å². The number of hydrogen-bond donors (Lipinski definition) is 1. The molecule has 2 heterocycles. The zero-order chi connectivity index (χ0) is 20.3. The van der Waals surface area contributed by atoms with Crippen molar-refractivity contribution in [2.45, 2.75) is 46.1 Å². The highest BCUT2D eigenvalue weighted by atomic mass is 32.1. The summed E-state index contributed by atoms with van der Waals surface area (Å²) in [6.07, 6.45) is 0.941. The number of likely N-dealkylation sites (tertiary alicyclic amines) is 1. The number of piperidine rings is 1. The molecule has 0 aliphatic carbocycles.